The molecule has 0 saturated carbocycles. The Bertz CT molecular complexity index is 1130. The molecule has 1 aliphatic heterocycles. The molecule has 11 nitrogen and oxygen atoms in total. The van der Waals surface area contributed by atoms with E-state index in [4.69, 9.17) is 14.3 Å². The lowest BCUT2D eigenvalue weighted by atomic mass is 10.3. The monoisotopic (exact) mass is 457 g/mol. The summed E-state index contributed by atoms with van der Waals surface area (Å²) in [6, 6.07) is 10.1. The van der Waals surface area contributed by atoms with Crippen molar-refractivity contribution < 1.29 is 35.6 Å². The number of amides is 1. The summed E-state index contributed by atoms with van der Waals surface area (Å²) in [5, 5.41) is 4.29. The molecule has 30 heavy (non-hydrogen) atoms. The molecule has 0 spiro atoms. The number of furan rings is 1. The molecule has 1 aliphatic rings. The molecule has 2 heterocycles. The molecule has 0 atom stereocenters. The predicted octanol–water partition coefficient (Wildman–Crippen LogP) is -0.383. The average Bonchev–Trinajstić information content (AvgIpc) is 3.23. The molecule has 0 aliphatic carbocycles. The Hall–Kier alpha value is -2.74. The minimum atomic E-state index is -4.10. The molecule has 1 aromatic heterocycles. The molecule has 1 aromatic carbocycles. The van der Waals surface area contributed by atoms with Gasteiger partial charge in [0.05, 0.1) is 4.90 Å². The molecular formula is C17H19N3O8S2. The van der Waals surface area contributed by atoms with Gasteiger partial charge in [0.25, 0.3) is 15.9 Å². The predicted molar refractivity (Wildman–Crippen MR) is 102 cm³/mol. The van der Waals surface area contributed by atoms with Crippen LogP contribution in [-0.2, 0) is 29.6 Å². The molecule has 13 heteroatoms. The van der Waals surface area contributed by atoms with E-state index in [1.54, 1.807) is 18.2 Å². The van der Waals surface area contributed by atoms with E-state index in [0.29, 0.717) is 0 Å². The minimum Gasteiger partial charge on any atom is -0.450 e. The number of hydrogen-bond donors (Lipinski definition) is 1. The average molecular weight is 457 g/mol. The van der Waals surface area contributed by atoms with Crippen LogP contribution in [0.2, 0.25) is 0 Å². The summed E-state index contributed by atoms with van der Waals surface area (Å²) >= 11 is 0. The number of esters is 1. The largest absolute Gasteiger partial charge is 0.450 e. The second-order valence-electron chi connectivity index (χ2n) is 6.34. The van der Waals surface area contributed by atoms with Crippen LogP contribution in [0.25, 0.3) is 0 Å². The number of primary sulfonamides is 1. The van der Waals surface area contributed by atoms with Crippen molar-refractivity contribution in [3.05, 3.63) is 48.2 Å². The first-order chi connectivity index (χ1) is 14.1. The van der Waals surface area contributed by atoms with Crippen molar-refractivity contribution in [2.24, 2.45) is 5.14 Å². The van der Waals surface area contributed by atoms with Crippen molar-refractivity contribution >= 4 is 31.9 Å². The van der Waals surface area contributed by atoms with Crippen LogP contribution in [0.5, 0.6) is 0 Å². The summed E-state index contributed by atoms with van der Waals surface area (Å²) in [7, 11) is -7.75. The highest BCUT2D eigenvalue weighted by Crippen LogP contribution is 2.17. The van der Waals surface area contributed by atoms with E-state index in [1.807, 2.05) is 0 Å². The third-order valence-corrected chi connectivity index (χ3v) is 7.06. The number of carbonyl (C=O) groups is 2. The van der Waals surface area contributed by atoms with Gasteiger partial charge in [-0.1, -0.05) is 18.2 Å². The highest BCUT2D eigenvalue weighted by atomic mass is 32.2. The third-order valence-electron chi connectivity index (χ3n) is 4.36. The summed E-state index contributed by atoms with van der Waals surface area (Å²) in [6.45, 7) is -0.118. The zero-order chi connectivity index (χ0) is 21.9. The maximum atomic E-state index is 12.6. The highest BCUT2D eigenvalue weighted by Gasteiger charge is 2.30. The van der Waals surface area contributed by atoms with Gasteiger partial charge in [-0.2, -0.15) is 4.31 Å². The summed E-state index contributed by atoms with van der Waals surface area (Å²) in [4.78, 5) is 25.7. The van der Waals surface area contributed by atoms with Crippen LogP contribution in [0.15, 0.2) is 56.9 Å². The van der Waals surface area contributed by atoms with E-state index < -0.39 is 49.4 Å². The zero-order valence-corrected chi connectivity index (χ0v) is 17.3. The Morgan fingerprint density at radius 2 is 1.60 bits per heavy atom. The van der Waals surface area contributed by atoms with Crippen molar-refractivity contribution in [3.8, 4) is 0 Å². The van der Waals surface area contributed by atoms with Crippen molar-refractivity contribution in [1.82, 2.24) is 9.21 Å². The highest BCUT2D eigenvalue weighted by molar-refractivity contribution is 7.89. The summed E-state index contributed by atoms with van der Waals surface area (Å²) in [6.07, 6.45) is 0. The van der Waals surface area contributed by atoms with Crippen LogP contribution in [0, 0.1) is 0 Å². The Balaban J connectivity index is 1.52. The van der Waals surface area contributed by atoms with Gasteiger partial charge >= 0.3 is 5.97 Å². The maximum Gasteiger partial charge on any atom is 0.374 e. The van der Waals surface area contributed by atoms with Gasteiger partial charge < -0.3 is 14.1 Å². The number of rotatable bonds is 6. The molecule has 0 radical (unpaired) electrons. The second kappa shape index (κ2) is 8.55. The summed E-state index contributed by atoms with van der Waals surface area (Å²) in [5.41, 5.74) is 0. The fourth-order valence-corrected chi connectivity index (χ4v) is 4.70. The molecule has 162 valence electrons. The standard InChI is InChI=1S/C17H19N3O8S2/c18-29(23,24)16-7-6-14(28-16)17(22)27-12-15(21)19-8-10-20(11-9-19)30(25,26)13-4-2-1-3-5-13/h1-7H,8-12H2,(H2,18,23,24). The van der Waals surface area contributed by atoms with Crippen LogP contribution >= 0.6 is 0 Å². The first-order valence-corrected chi connectivity index (χ1v) is 11.7. The number of nitrogens with two attached hydrogens (primary N) is 1. The molecule has 2 N–H and O–H groups in total. The molecule has 1 fully saturated rings. The Kier molecular flexibility index (Phi) is 6.26. The fourth-order valence-electron chi connectivity index (χ4n) is 2.79. The smallest absolute Gasteiger partial charge is 0.374 e. The van der Waals surface area contributed by atoms with E-state index in [-0.39, 0.29) is 31.1 Å². The Morgan fingerprint density at radius 1 is 0.967 bits per heavy atom. The van der Waals surface area contributed by atoms with Gasteiger partial charge in [0.2, 0.25) is 20.9 Å². The Labute approximate surface area is 173 Å². The van der Waals surface area contributed by atoms with Crippen molar-refractivity contribution in [3.63, 3.8) is 0 Å². The van der Waals surface area contributed by atoms with Gasteiger partial charge in [0.15, 0.2) is 6.61 Å². The topological polar surface area (TPSA) is 157 Å². The number of hydrogen-bond acceptors (Lipinski definition) is 8. The van der Waals surface area contributed by atoms with Crippen LogP contribution < -0.4 is 5.14 Å². The fraction of sp³-hybridized carbons (Fsp3) is 0.294. The SMILES string of the molecule is NS(=O)(=O)c1ccc(C(=O)OCC(=O)N2CCN(S(=O)(=O)c3ccccc3)CC2)o1. The van der Waals surface area contributed by atoms with Crippen LogP contribution in [0.3, 0.4) is 0 Å². The molecule has 3 rings (SSSR count). The van der Waals surface area contributed by atoms with Gasteiger partial charge in [0.1, 0.15) is 0 Å². The van der Waals surface area contributed by atoms with Gasteiger partial charge in [-0.3, -0.25) is 4.79 Å². The van der Waals surface area contributed by atoms with E-state index in [2.05, 4.69) is 0 Å². The molecule has 1 saturated heterocycles. The lowest BCUT2D eigenvalue weighted by Crippen LogP contribution is -2.51. The number of nitrogens with zero attached hydrogens (tertiary/aromatic N) is 2. The van der Waals surface area contributed by atoms with Gasteiger partial charge in [-0.05, 0) is 24.3 Å². The number of sulfonamides is 2. The molecule has 1 amide bonds. The van der Waals surface area contributed by atoms with Crippen LogP contribution in [0.4, 0.5) is 0 Å². The minimum absolute atomic E-state index is 0.104. The number of piperazine rings is 1. The third kappa shape index (κ3) is 4.87. The number of ether oxygens (including phenoxy) is 1. The van der Waals surface area contributed by atoms with E-state index in [9.17, 15) is 26.4 Å². The van der Waals surface area contributed by atoms with E-state index >= 15 is 0 Å². The normalized spacial score (nSPS) is 15.7. The zero-order valence-electron chi connectivity index (χ0n) is 15.6. The number of benzene rings is 1. The lowest BCUT2D eigenvalue weighted by Gasteiger charge is -2.33. The van der Waals surface area contributed by atoms with E-state index in [1.165, 1.54) is 21.3 Å². The molecule has 0 bridgehead atoms. The first-order valence-electron chi connectivity index (χ1n) is 8.72. The van der Waals surface area contributed by atoms with Crippen LogP contribution in [0.1, 0.15) is 10.6 Å². The summed E-state index contributed by atoms with van der Waals surface area (Å²) < 4.78 is 58.4. The number of carbonyl (C=O) groups excluding carboxylic acids is 2. The molecular weight excluding hydrogens is 438 g/mol. The summed E-state index contributed by atoms with van der Waals surface area (Å²) in [5.74, 6) is -1.95. The maximum absolute atomic E-state index is 12.6. The van der Waals surface area contributed by atoms with Gasteiger partial charge in [0, 0.05) is 26.2 Å². The second-order valence-corrected chi connectivity index (χ2v) is 9.77. The lowest BCUT2D eigenvalue weighted by molar-refractivity contribution is -0.135. The quantitative estimate of drug-likeness (QED) is 0.575. The van der Waals surface area contributed by atoms with Crippen LogP contribution in [-0.4, -0.2) is 70.7 Å². The molecule has 2 aromatic rings. The molecule has 0 unspecified atom stereocenters. The van der Waals surface area contributed by atoms with Gasteiger partial charge in [-0.15, -0.1) is 0 Å². The Morgan fingerprint density at radius 3 is 2.17 bits per heavy atom. The van der Waals surface area contributed by atoms with Gasteiger partial charge in [-0.25, -0.2) is 26.8 Å². The van der Waals surface area contributed by atoms with Crippen molar-refractivity contribution in [1.29, 1.82) is 0 Å². The van der Waals surface area contributed by atoms with E-state index in [0.717, 1.165) is 12.1 Å². The first kappa shape index (κ1) is 22.0. The van der Waals surface area contributed by atoms with Crippen molar-refractivity contribution in [2.75, 3.05) is 32.8 Å². The van der Waals surface area contributed by atoms with Crippen molar-refractivity contribution in [2.45, 2.75) is 9.99 Å².